The lowest BCUT2D eigenvalue weighted by atomic mass is 10.2. The van der Waals surface area contributed by atoms with Crippen molar-refractivity contribution in [1.29, 1.82) is 0 Å². The highest BCUT2D eigenvalue weighted by molar-refractivity contribution is 6.67. The topological polar surface area (TPSA) is 96.4 Å². The highest BCUT2D eigenvalue weighted by atomic mass is 35.5. The van der Waals surface area contributed by atoms with E-state index >= 15 is 0 Å². The van der Waals surface area contributed by atoms with Crippen molar-refractivity contribution in [2.75, 3.05) is 18.5 Å². The summed E-state index contributed by atoms with van der Waals surface area (Å²) in [6.07, 6.45) is 1.76. The van der Waals surface area contributed by atoms with Gasteiger partial charge in [-0.3, -0.25) is 14.7 Å². The van der Waals surface area contributed by atoms with E-state index in [1.807, 2.05) is 0 Å². The Hall–Kier alpha value is -1.89. The number of anilines is 1. The fraction of sp³-hybridized carbons (Fsp3) is 0.455. The van der Waals surface area contributed by atoms with Gasteiger partial charge in [-0.1, -0.05) is 6.92 Å². The van der Waals surface area contributed by atoms with E-state index in [0.29, 0.717) is 17.8 Å². The van der Waals surface area contributed by atoms with Crippen LogP contribution in [0.4, 0.5) is 5.82 Å². The van der Waals surface area contributed by atoms with Crippen molar-refractivity contribution in [3.8, 4) is 0 Å². The first-order valence-corrected chi connectivity index (χ1v) is 6.15. The van der Waals surface area contributed by atoms with Gasteiger partial charge >= 0.3 is 5.97 Å². The summed E-state index contributed by atoms with van der Waals surface area (Å²) >= 11 is 5.81. The highest BCUT2D eigenvalue weighted by Gasteiger charge is 2.12. The number of carbonyl (C=O) groups excluding carboxylic acids is 2. The molecule has 1 aromatic heterocycles. The number of aliphatic imine (C=N–C) groups is 1. The third kappa shape index (κ3) is 4.70. The largest absolute Gasteiger partial charge is 0.465 e. The smallest absolute Gasteiger partial charge is 0.327 e. The number of aromatic nitrogens is 2. The Labute approximate surface area is 115 Å². The fourth-order valence-corrected chi connectivity index (χ4v) is 1.42. The molecule has 8 heteroatoms. The minimum absolute atomic E-state index is 0.0255. The van der Waals surface area contributed by atoms with Crippen molar-refractivity contribution >= 4 is 34.5 Å². The van der Waals surface area contributed by atoms with Crippen LogP contribution < -0.4 is 5.32 Å². The zero-order valence-electron chi connectivity index (χ0n) is 10.7. The monoisotopic (exact) mass is 286 g/mol. The minimum atomic E-state index is -0.475. The molecule has 7 nitrogen and oxygen atoms in total. The SMILES string of the molecule is CCOC(=O)CN=C(Cl)Nc1[nH]ncc1C(=O)CC. The van der Waals surface area contributed by atoms with Gasteiger partial charge < -0.3 is 10.1 Å². The van der Waals surface area contributed by atoms with Crippen LogP contribution in [-0.4, -0.2) is 40.4 Å². The maximum Gasteiger partial charge on any atom is 0.327 e. The average Bonchev–Trinajstić information content (AvgIpc) is 2.84. The van der Waals surface area contributed by atoms with Gasteiger partial charge in [-0.15, -0.1) is 0 Å². The van der Waals surface area contributed by atoms with Crippen LogP contribution in [0.5, 0.6) is 0 Å². The van der Waals surface area contributed by atoms with Crippen molar-refractivity contribution in [3.05, 3.63) is 11.8 Å². The third-order valence-electron chi connectivity index (χ3n) is 2.14. The van der Waals surface area contributed by atoms with Gasteiger partial charge in [-0.05, 0) is 18.5 Å². The van der Waals surface area contributed by atoms with Crippen LogP contribution in [0.25, 0.3) is 0 Å². The van der Waals surface area contributed by atoms with Crippen molar-refractivity contribution in [2.45, 2.75) is 20.3 Å². The van der Waals surface area contributed by atoms with Crippen LogP contribution in [-0.2, 0) is 9.53 Å². The quantitative estimate of drug-likeness (QED) is 0.272. The number of ether oxygens (including phenoxy) is 1. The standard InChI is InChI=1S/C11H15ClN4O3/c1-3-8(17)7-5-14-16-10(7)15-11(12)13-6-9(18)19-4-2/h5H,3-4,6H2,1-2H3,(H2,13,14,15,16). The van der Waals surface area contributed by atoms with Crippen LogP contribution in [0.1, 0.15) is 30.6 Å². The van der Waals surface area contributed by atoms with Crippen molar-refractivity contribution in [2.24, 2.45) is 4.99 Å². The molecular weight excluding hydrogens is 272 g/mol. The molecule has 1 aromatic rings. The summed E-state index contributed by atoms with van der Waals surface area (Å²) in [5, 5.41) is 9.00. The van der Waals surface area contributed by atoms with Crippen molar-refractivity contribution in [3.63, 3.8) is 0 Å². The molecule has 0 amide bonds. The normalized spacial score (nSPS) is 11.2. The average molecular weight is 287 g/mol. The number of Topliss-reactive ketones (excluding diaryl/α,β-unsaturated/α-hetero) is 1. The molecule has 0 fully saturated rings. The molecule has 0 aliphatic carbocycles. The lowest BCUT2D eigenvalue weighted by molar-refractivity contribution is -0.141. The Bertz CT molecular complexity index is 484. The molecule has 0 aliphatic rings. The predicted molar refractivity (Wildman–Crippen MR) is 71.6 cm³/mol. The fourth-order valence-electron chi connectivity index (χ4n) is 1.27. The van der Waals surface area contributed by atoms with Gasteiger partial charge in [0.15, 0.2) is 11.1 Å². The molecule has 104 valence electrons. The van der Waals surface area contributed by atoms with E-state index in [1.54, 1.807) is 13.8 Å². The van der Waals surface area contributed by atoms with Gasteiger partial charge in [-0.25, -0.2) is 4.99 Å². The van der Waals surface area contributed by atoms with Gasteiger partial charge in [-0.2, -0.15) is 5.10 Å². The summed E-state index contributed by atoms with van der Waals surface area (Å²) in [5.74, 6) is -0.201. The first kappa shape index (κ1) is 15.2. The van der Waals surface area contributed by atoms with E-state index in [-0.39, 0.29) is 24.2 Å². The molecule has 0 aliphatic heterocycles. The summed E-state index contributed by atoms with van der Waals surface area (Å²) in [7, 11) is 0. The number of rotatable bonds is 6. The second kappa shape index (κ2) is 7.52. The molecule has 0 spiro atoms. The van der Waals surface area contributed by atoms with Gasteiger partial charge in [0.25, 0.3) is 0 Å². The van der Waals surface area contributed by atoms with Crippen LogP contribution in [0.2, 0.25) is 0 Å². The van der Waals surface area contributed by atoms with Gasteiger partial charge in [0.1, 0.15) is 12.4 Å². The number of nitrogens with one attached hydrogen (secondary N) is 2. The summed E-state index contributed by atoms with van der Waals surface area (Å²) in [4.78, 5) is 26.4. The van der Waals surface area contributed by atoms with E-state index in [0.717, 1.165) is 0 Å². The zero-order chi connectivity index (χ0) is 14.3. The Balaban J connectivity index is 2.64. The molecule has 0 saturated carbocycles. The van der Waals surface area contributed by atoms with Crippen molar-refractivity contribution < 1.29 is 14.3 Å². The minimum Gasteiger partial charge on any atom is -0.465 e. The highest BCUT2D eigenvalue weighted by Crippen LogP contribution is 2.13. The number of ketones is 1. The Kier molecular flexibility index (Phi) is 6.01. The van der Waals surface area contributed by atoms with Crippen LogP contribution in [0.15, 0.2) is 11.2 Å². The Morgan fingerprint density at radius 3 is 2.89 bits per heavy atom. The van der Waals surface area contributed by atoms with E-state index in [2.05, 4.69) is 20.5 Å². The predicted octanol–water partition coefficient (Wildman–Crippen LogP) is 1.57. The lowest BCUT2D eigenvalue weighted by Gasteiger charge is -2.03. The lowest BCUT2D eigenvalue weighted by Crippen LogP contribution is -2.13. The molecule has 0 saturated heterocycles. The van der Waals surface area contributed by atoms with Crippen LogP contribution in [0.3, 0.4) is 0 Å². The van der Waals surface area contributed by atoms with E-state index in [9.17, 15) is 9.59 Å². The summed E-state index contributed by atoms with van der Waals surface area (Å²) in [6.45, 7) is 3.55. The molecule has 0 atom stereocenters. The number of carbonyl (C=O) groups is 2. The maximum absolute atomic E-state index is 11.6. The van der Waals surface area contributed by atoms with Crippen molar-refractivity contribution in [1.82, 2.24) is 10.2 Å². The van der Waals surface area contributed by atoms with E-state index in [1.165, 1.54) is 6.20 Å². The van der Waals surface area contributed by atoms with Gasteiger partial charge in [0.2, 0.25) is 0 Å². The Morgan fingerprint density at radius 1 is 1.53 bits per heavy atom. The third-order valence-corrected chi connectivity index (χ3v) is 2.36. The number of esters is 1. The van der Waals surface area contributed by atoms with E-state index in [4.69, 9.17) is 16.3 Å². The first-order chi connectivity index (χ1) is 9.08. The van der Waals surface area contributed by atoms with Gasteiger partial charge in [0, 0.05) is 6.42 Å². The molecule has 0 unspecified atom stereocenters. The second-order valence-electron chi connectivity index (χ2n) is 3.47. The molecule has 0 bridgehead atoms. The molecular formula is C11H15ClN4O3. The maximum atomic E-state index is 11.6. The van der Waals surface area contributed by atoms with Gasteiger partial charge in [0.05, 0.1) is 18.4 Å². The van der Waals surface area contributed by atoms with Crippen LogP contribution in [0, 0.1) is 0 Å². The number of aromatic amines is 1. The molecule has 0 aromatic carbocycles. The van der Waals surface area contributed by atoms with E-state index < -0.39 is 5.97 Å². The Morgan fingerprint density at radius 2 is 2.26 bits per heavy atom. The zero-order valence-corrected chi connectivity index (χ0v) is 11.5. The molecule has 1 heterocycles. The number of hydrogen-bond acceptors (Lipinski definition) is 5. The number of halogens is 1. The second-order valence-corrected chi connectivity index (χ2v) is 3.83. The summed E-state index contributed by atoms with van der Waals surface area (Å²) < 4.78 is 4.70. The number of amidine groups is 1. The molecule has 1 rings (SSSR count). The number of H-pyrrole nitrogens is 1. The molecule has 2 N–H and O–H groups in total. The van der Waals surface area contributed by atoms with Crippen LogP contribution >= 0.6 is 11.6 Å². The first-order valence-electron chi connectivity index (χ1n) is 5.77. The number of nitrogens with zero attached hydrogens (tertiary/aromatic N) is 2. The summed E-state index contributed by atoms with van der Waals surface area (Å²) in [6, 6.07) is 0. The number of hydrogen-bond donors (Lipinski definition) is 2. The summed E-state index contributed by atoms with van der Waals surface area (Å²) in [5.41, 5.74) is 0.395. The molecule has 0 radical (unpaired) electrons. The molecule has 19 heavy (non-hydrogen) atoms.